The molecule has 1 rings (SSSR count). The Morgan fingerprint density at radius 2 is 1.88 bits per heavy atom. The van der Waals surface area contributed by atoms with Crippen molar-refractivity contribution in [3.63, 3.8) is 0 Å². The number of halogens is 1. The third-order valence-electron chi connectivity index (χ3n) is 2.90. The summed E-state index contributed by atoms with van der Waals surface area (Å²) in [5, 5.41) is 0.802. The van der Waals surface area contributed by atoms with Crippen LogP contribution in [0.4, 0.5) is 0 Å². The smallest absolute Gasteiger partial charge is 0.229 e. The minimum atomic E-state index is -0.0762. The van der Waals surface area contributed by atoms with Gasteiger partial charge in [0.2, 0.25) is 5.91 Å². The maximum Gasteiger partial charge on any atom is 0.229 e. The lowest BCUT2D eigenvalue weighted by Crippen LogP contribution is -2.38. The van der Waals surface area contributed by atoms with Gasteiger partial charge >= 0.3 is 0 Å². The molecule has 0 aromatic heterocycles. The van der Waals surface area contributed by atoms with Gasteiger partial charge in [-0.1, -0.05) is 46.3 Å². The van der Waals surface area contributed by atoms with E-state index in [0.29, 0.717) is 0 Å². The topological polar surface area (TPSA) is 20.3 Å². The van der Waals surface area contributed by atoms with Gasteiger partial charge < -0.3 is 4.90 Å². The molecule has 0 heterocycles. The molecule has 3 heteroatoms. The second-order valence-corrected chi connectivity index (χ2v) is 4.73. The van der Waals surface area contributed by atoms with Crippen molar-refractivity contribution in [3.05, 3.63) is 35.9 Å². The predicted molar refractivity (Wildman–Crippen MR) is 70.9 cm³/mol. The lowest BCUT2D eigenvalue weighted by atomic mass is 9.99. The number of nitrogens with zero attached hydrogens (tertiary/aromatic N) is 1. The van der Waals surface area contributed by atoms with Crippen molar-refractivity contribution in [2.24, 2.45) is 0 Å². The number of benzene rings is 1. The van der Waals surface area contributed by atoms with Gasteiger partial charge in [-0.2, -0.15) is 0 Å². The highest BCUT2D eigenvalue weighted by Gasteiger charge is 2.21. The van der Waals surface area contributed by atoms with Crippen molar-refractivity contribution < 1.29 is 4.79 Å². The molecule has 0 bridgehead atoms. The zero-order chi connectivity index (χ0) is 12.1. The van der Waals surface area contributed by atoms with Crippen molar-refractivity contribution >= 4 is 21.8 Å². The lowest BCUT2D eigenvalue weighted by molar-refractivity contribution is -0.132. The van der Waals surface area contributed by atoms with Crippen LogP contribution >= 0.6 is 15.9 Å². The van der Waals surface area contributed by atoms with E-state index in [4.69, 9.17) is 0 Å². The maximum absolute atomic E-state index is 12.1. The van der Waals surface area contributed by atoms with Crippen LogP contribution in [-0.4, -0.2) is 29.2 Å². The zero-order valence-corrected chi connectivity index (χ0v) is 11.6. The van der Waals surface area contributed by atoms with Crippen molar-refractivity contribution in [2.45, 2.75) is 25.8 Å². The number of amides is 1. The molecule has 1 amide bonds. The monoisotopic (exact) mass is 283 g/mol. The van der Waals surface area contributed by atoms with Crippen LogP contribution in [-0.2, 0) is 4.79 Å². The number of alkyl halides is 1. The number of carbonyl (C=O) groups is 1. The van der Waals surface area contributed by atoms with Crippen molar-refractivity contribution in [1.82, 2.24) is 4.90 Å². The van der Waals surface area contributed by atoms with Crippen LogP contribution in [0.3, 0.4) is 0 Å². The first-order valence-electron chi connectivity index (χ1n) is 5.45. The molecule has 88 valence electrons. The van der Waals surface area contributed by atoms with Crippen LogP contribution in [0.25, 0.3) is 0 Å². The second kappa shape index (κ2) is 6.04. The third-order valence-corrected chi connectivity index (χ3v) is 3.84. The maximum atomic E-state index is 12.1. The first kappa shape index (κ1) is 13.2. The number of rotatable bonds is 4. The van der Waals surface area contributed by atoms with Gasteiger partial charge in [-0.05, 0) is 19.4 Å². The highest BCUT2D eigenvalue weighted by molar-refractivity contribution is 9.09. The Balaban J connectivity index is 2.75. The van der Waals surface area contributed by atoms with E-state index in [-0.39, 0.29) is 17.9 Å². The molecule has 0 fully saturated rings. The first-order valence-corrected chi connectivity index (χ1v) is 6.57. The quantitative estimate of drug-likeness (QED) is 0.778. The normalized spacial score (nSPS) is 14.2. The minimum Gasteiger partial charge on any atom is -0.342 e. The second-order valence-electron chi connectivity index (χ2n) is 4.08. The van der Waals surface area contributed by atoms with Crippen LogP contribution in [0.5, 0.6) is 0 Å². The Kier molecular flexibility index (Phi) is 5.00. The van der Waals surface area contributed by atoms with Crippen LogP contribution in [0, 0.1) is 0 Å². The van der Waals surface area contributed by atoms with Gasteiger partial charge in [0, 0.05) is 18.4 Å². The summed E-state index contributed by atoms with van der Waals surface area (Å²) in [6, 6.07) is 10.1. The summed E-state index contributed by atoms with van der Waals surface area (Å²) in [4.78, 5) is 13.9. The van der Waals surface area contributed by atoms with Gasteiger partial charge in [-0.25, -0.2) is 0 Å². The summed E-state index contributed by atoms with van der Waals surface area (Å²) in [6.45, 7) is 3.99. The molecular formula is C13H18BrNO. The summed E-state index contributed by atoms with van der Waals surface area (Å²) in [5.74, 6) is 0.0887. The van der Waals surface area contributed by atoms with Crippen molar-refractivity contribution in [1.29, 1.82) is 0 Å². The number of hydrogen-bond donors (Lipinski definition) is 0. The molecule has 0 spiro atoms. The average Bonchev–Trinajstić information content (AvgIpc) is 2.36. The molecule has 0 aliphatic rings. The largest absolute Gasteiger partial charge is 0.342 e. The number of hydrogen-bond acceptors (Lipinski definition) is 1. The number of carbonyl (C=O) groups excluding carboxylic acids is 1. The summed E-state index contributed by atoms with van der Waals surface area (Å²) in [7, 11) is 1.85. The van der Waals surface area contributed by atoms with E-state index < -0.39 is 0 Å². The molecule has 0 radical (unpaired) electrons. The molecule has 0 aliphatic carbocycles. The van der Waals surface area contributed by atoms with E-state index in [9.17, 15) is 4.79 Å². The van der Waals surface area contributed by atoms with E-state index in [1.54, 1.807) is 4.90 Å². The lowest BCUT2D eigenvalue weighted by Gasteiger charge is -2.26. The molecule has 1 aromatic rings. The van der Waals surface area contributed by atoms with Gasteiger partial charge in [0.05, 0.1) is 5.92 Å². The first-order chi connectivity index (χ1) is 7.57. The van der Waals surface area contributed by atoms with Crippen LogP contribution in [0.2, 0.25) is 0 Å². The van der Waals surface area contributed by atoms with Gasteiger partial charge in [-0.15, -0.1) is 0 Å². The van der Waals surface area contributed by atoms with E-state index >= 15 is 0 Å². The summed E-state index contributed by atoms with van der Waals surface area (Å²) < 4.78 is 0. The SMILES string of the molecule is CC(C(=O)N(C)C(C)CBr)c1ccccc1. The molecule has 2 unspecified atom stereocenters. The fraction of sp³-hybridized carbons (Fsp3) is 0.462. The summed E-state index contributed by atoms with van der Waals surface area (Å²) in [6.07, 6.45) is 0. The molecule has 2 nitrogen and oxygen atoms in total. The van der Waals surface area contributed by atoms with Gasteiger partial charge in [-0.3, -0.25) is 4.79 Å². The zero-order valence-electron chi connectivity index (χ0n) is 9.98. The van der Waals surface area contributed by atoms with Crippen LogP contribution in [0.15, 0.2) is 30.3 Å². The number of likely N-dealkylation sites (N-methyl/N-ethyl adjacent to an activating group) is 1. The van der Waals surface area contributed by atoms with Crippen LogP contribution in [0.1, 0.15) is 25.3 Å². The standard InChI is InChI=1S/C13H18BrNO/c1-10(9-14)15(3)13(16)11(2)12-7-5-4-6-8-12/h4-8,10-11H,9H2,1-3H3. The van der Waals surface area contributed by atoms with E-state index in [1.807, 2.05) is 51.2 Å². The molecule has 0 saturated heterocycles. The van der Waals surface area contributed by atoms with Gasteiger partial charge in [0.15, 0.2) is 0 Å². The van der Waals surface area contributed by atoms with E-state index in [0.717, 1.165) is 10.9 Å². The van der Waals surface area contributed by atoms with Crippen LogP contribution < -0.4 is 0 Å². The Labute approximate surface area is 106 Å². The molecule has 0 saturated carbocycles. The Morgan fingerprint density at radius 1 is 1.31 bits per heavy atom. The fourth-order valence-corrected chi connectivity index (χ4v) is 1.94. The fourth-order valence-electron chi connectivity index (χ4n) is 1.51. The third kappa shape index (κ3) is 3.08. The molecule has 2 atom stereocenters. The summed E-state index contributed by atoms with van der Waals surface area (Å²) >= 11 is 3.40. The summed E-state index contributed by atoms with van der Waals surface area (Å²) in [5.41, 5.74) is 1.07. The Bertz CT molecular complexity index is 339. The Hall–Kier alpha value is -0.830. The van der Waals surface area contributed by atoms with Gasteiger partial charge in [0.25, 0.3) is 0 Å². The average molecular weight is 284 g/mol. The van der Waals surface area contributed by atoms with Crippen molar-refractivity contribution in [2.75, 3.05) is 12.4 Å². The molecular weight excluding hydrogens is 266 g/mol. The molecule has 16 heavy (non-hydrogen) atoms. The van der Waals surface area contributed by atoms with E-state index in [2.05, 4.69) is 15.9 Å². The van der Waals surface area contributed by atoms with Crippen molar-refractivity contribution in [3.8, 4) is 0 Å². The minimum absolute atomic E-state index is 0.0762. The Morgan fingerprint density at radius 3 is 2.38 bits per heavy atom. The molecule has 1 aromatic carbocycles. The highest BCUT2D eigenvalue weighted by atomic mass is 79.9. The molecule has 0 aliphatic heterocycles. The highest BCUT2D eigenvalue weighted by Crippen LogP contribution is 2.18. The van der Waals surface area contributed by atoms with Gasteiger partial charge in [0.1, 0.15) is 0 Å². The van der Waals surface area contributed by atoms with E-state index in [1.165, 1.54) is 0 Å². The molecule has 0 N–H and O–H groups in total. The predicted octanol–water partition coefficient (Wildman–Crippen LogP) is 3.03.